The molecule has 0 aromatic rings. The number of rotatable bonds is 1. The molecule has 1 saturated heterocycles. The Morgan fingerprint density at radius 1 is 1.10 bits per heavy atom. The fourth-order valence-electron chi connectivity index (χ4n) is 1.23. The van der Waals surface area contributed by atoms with Gasteiger partial charge in [0.25, 0.3) is 0 Å². The van der Waals surface area contributed by atoms with Crippen LogP contribution in [-0.2, 0) is 4.74 Å². The molecule has 0 bridgehead atoms. The second kappa shape index (κ2) is 3.03. The van der Waals surface area contributed by atoms with Crippen LogP contribution in [0.3, 0.4) is 0 Å². The molecule has 0 radical (unpaired) electrons. The third-order valence-electron chi connectivity index (χ3n) is 1.96. The summed E-state index contributed by atoms with van der Waals surface area (Å²) < 4.78 is 7.87. The summed E-state index contributed by atoms with van der Waals surface area (Å²) >= 11 is 0. The van der Waals surface area contributed by atoms with Crippen LogP contribution in [0.25, 0.3) is 0 Å². The Balaban J connectivity index is 2.39. The number of hydrogen-bond donors (Lipinski definition) is 0. The highest BCUT2D eigenvalue weighted by atomic mass is 28.3. The molecule has 0 aromatic heterocycles. The molecule has 3 heteroatoms. The molecule has 1 heterocycles. The van der Waals surface area contributed by atoms with E-state index in [9.17, 15) is 0 Å². The quantitative estimate of drug-likeness (QED) is 0.532. The van der Waals surface area contributed by atoms with Crippen molar-refractivity contribution in [2.75, 3.05) is 26.3 Å². The molecule has 0 aliphatic carbocycles. The van der Waals surface area contributed by atoms with Crippen LogP contribution in [0.1, 0.15) is 0 Å². The molecule has 60 valence electrons. The van der Waals surface area contributed by atoms with Gasteiger partial charge in [-0.1, -0.05) is 19.6 Å². The minimum Gasteiger partial charge on any atom is -0.379 e. The lowest BCUT2D eigenvalue weighted by molar-refractivity contribution is 0.0693. The van der Waals surface area contributed by atoms with Crippen molar-refractivity contribution in [1.29, 1.82) is 0 Å². The summed E-state index contributed by atoms with van der Waals surface area (Å²) in [4.78, 5) is 0. The van der Waals surface area contributed by atoms with Crippen molar-refractivity contribution >= 4 is 8.24 Å². The van der Waals surface area contributed by atoms with E-state index in [1.807, 2.05) is 0 Å². The maximum Gasteiger partial charge on any atom is 0.119 e. The molecule has 0 saturated carbocycles. The summed E-state index contributed by atoms with van der Waals surface area (Å²) in [6.07, 6.45) is 0. The molecule has 1 fully saturated rings. The third kappa shape index (κ3) is 2.07. The Morgan fingerprint density at radius 2 is 1.60 bits per heavy atom. The Hall–Kier alpha value is 0.137. The zero-order valence-corrected chi connectivity index (χ0v) is 8.18. The highest BCUT2D eigenvalue weighted by molar-refractivity contribution is 6.73. The molecule has 0 N–H and O–H groups in total. The number of morpholine rings is 1. The van der Waals surface area contributed by atoms with E-state index in [4.69, 9.17) is 4.74 Å². The van der Waals surface area contributed by atoms with E-state index in [0.29, 0.717) is 0 Å². The molecule has 1 aliphatic heterocycles. The van der Waals surface area contributed by atoms with Gasteiger partial charge in [0.15, 0.2) is 0 Å². The van der Waals surface area contributed by atoms with E-state index in [-0.39, 0.29) is 0 Å². The first-order chi connectivity index (χ1) is 4.61. The van der Waals surface area contributed by atoms with Crippen LogP contribution < -0.4 is 0 Å². The van der Waals surface area contributed by atoms with Gasteiger partial charge in [-0.3, -0.25) is 0 Å². The first-order valence-electron chi connectivity index (χ1n) is 3.93. The van der Waals surface area contributed by atoms with Gasteiger partial charge in [0, 0.05) is 13.1 Å². The van der Waals surface area contributed by atoms with E-state index in [1.165, 1.54) is 0 Å². The second-order valence-corrected chi connectivity index (χ2v) is 8.74. The fourth-order valence-corrected chi connectivity index (χ4v) is 2.76. The summed E-state index contributed by atoms with van der Waals surface area (Å²) in [5, 5.41) is 0. The van der Waals surface area contributed by atoms with Gasteiger partial charge >= 0.3 is 0 Å². The van der Waals surface area contributed by atoms with Crippen LogP contribution >= 0.6 is 0 Å². The smallest absolute Gasteiger partial charge is 0.119 e. The summed E-state index contributed by atoms with van der Waals surface area (Å²) in [5.74, 6) is 0. The standard InChI is InChI=1S/C7H17NOSi/c1-10(2,3)8-4-6-9-7-5-8/h4-7H2,1-3H3. The number of ether oxygens (including phenoxy) is 1. The first kappa shape index (κ1) is 8.24. The molecular weight excluding hydrogens is 142 g/mol. The van der Waals surface area contributed by atoms with Gasteiger partial charge in [-0.2, -0.15) is 0 Å². The van der Waals surface area contributed by atoms with Crippen LogP contribution in [-0.4, -0.2) is 39.1 Å². The van der Waals surface area contributed by atoms with Crippen molar-refractivity contribution in [2.45, 2.75) is 19.6 Å². The zero-order valence-electron chi connectivity index (χ0n) is 7.18. The number of nitrogens with zero attached hydrogens (tertiary/aromatic N) is 1. The Morgan fingerprint density at radius 3 is 1.90 bits per heavy atom. The maximum absolute atomic E-state index is 5.28. The summed E-state index contributed by atoms with van der Waals surface area (Å²) in [5.41, 5.74) is 0. The lowest BCUT2D eigenvalue weighted by Gasteiger charge is -2.36. The van der Waals surface area contributed by atoms with Gasteiger partial charge in [0.05, 0.1) is 13.2 Å². The molecule has 0 amide bonds. The Labute approximate surface area is 64.3 Å². The van der Waals surface area contributed by atoms with Crippen LogP contribution in [0, 0.1) is 0 Å². The molecule has 0 atom stereocenters. The van der Waals surface area contributed by atoms with E-state index in [0.717, 1.165) is 26.3 Å². The fraction of sp³-hybridized carbons (Fsp3) is 1.00. The topological polar surface area (TPSA) is 12.5 Å². The molecule has 0 unspecified atom stereocenters. The Bertz CT molecular complexity index is 105. The third-order valence-corrected chi connectivity index (χ3v) is 4.30. The van der Waals surface area contributed by atoms with E-state index in [1.54, 1.807) is 0 Å². The largest absolute Gasteiger partial charge is 0.379 e. The average molecular weight is 159 g/mol. The summed E-state index contributed by atoms with van der Waals surface area (Å²) in [7, 11) is -1.00. The lowest BCUT2D eigenvalue weighted by Crippen LogP contribution is -2.51. The van der Waals surface area contributed by atoms with Gasteiger partial charge in [-0.05, 0) is 0 Å². The normalized spacial score (nSPS) is 23.1. The average Bonchev–Trinajstić information content (AvgIpc) is 1.88. The van der Waals surface area contributed by atoms with Crippen molar-refractivity contribution in [1.82, 2.24) is 4.57 Å². The van der Waals surface area contributed by atoms with Gasteiger partial charge in [-0.25, -0.2) is 0 Å². The van der Waals surface area contributed by atoms with Crippen LogP contribution in [0.2, 0.25) is 19.6 Å². The lowest BCUT2D eigenvalue weighted by atomic mass is 10.5. The van der Waals surface area contributed by atoms with Gasteiger partial charge in [0.1, 0.15) is 8.24 Å². The van der Waals surface area contributed by atoms with Crippen molar-refractivity contribution in [3.05, 3.63) is 0 Å². The predicted molar refractivity (Wildman–Crippen MR) is 45.7 cm³/mol. The van der Waals surface area contributed by atoms with Crippen LogP contribution in [0.4, 0.5) is 0 Å². The maximum atomic E-state index is 5.28. The monoisotopic (exact) mass is 159 g/mol. The molecule has 10 heavy (non-hydrogen) atoms. The SMILES string of the molecule is C[Si](C)(C)N1CCOCC1. The highest BCUT2D eigenvalue weighted by Crippen LogP contribution is 2.10. The first-order valence-corrected chi connectivity index (χ1v) is 7.38. The molecule has 1 rings (SSSR count). The Kier molecular flexibility index (Phi) is 2.49. The van der Waals surface area contributed by atoms with Crippen molar-refractivity contribution in [2.24, 2.45) is 0 Å². The molecule has 0 spiro atoms. The van der Waals surface area contributed by atoms with Crippen molar-refractivity contribution < 1.29 is 4.74 Å². The summed E-state index contributed by atoms with van der Waals surface area (Å²) in [6, 6.07) is 0. The van der Waals surface area contributed by atoms with Gasteiger partial charge in [-0.15, -0.1) is 0 Å². The van der Waals surface area contributed by atoms with Gasteiger partial charge in [0.2, 0.25) is 0 Å². The van der Waals surface area contributed by atoms with E-state index >= 15 is 0 Å². The van der Waals surface area contributed by atoms with Gasteiger partial charge < -0.3 is 9.30 Å². The minimum absolute atomic E-state index is 0.935. The molecule has 0 aromatic carbocycles. The summed E-state index contributed by atoms with van der Waals surface area (Å²) in [6.45, 7) is 11.3. The number of hydrogen-bond acceptors (Lipinski definition) is 2. The van der Waals surface area contributed by atoms with Crippen molar-refractivity contribution in [3.8, 4) is 0 Å². The van der Waals surface area contributed by atoms with Crippen LogP contribution in [0.5, 0.6) is 0 Å². The second-order valence-electron chi connectivity index (χ2n) is 3.77. The minimum atomic E-state index is -1.00. The van der Waals surface area contributed by atoms with Crippen LogP contribution in [0.15, 0.2) is 0 Å². The highest BCUT2D eigenvalue weighted by Gasteiger charge is 2.24. The van der Waals surface area contributed by atoms with E-state index < -0.39 is 8.24 Å². The zero-order chi connectivity index (χ0) is 7.61. The van der Waals surface area contributed by atoms with Crippen molar-refractivity contribution in [3.63, 3.8) is 0 Å². The molecule has 1 aliphatic rings. The molecule has 2 nitrogen and oxygen atoms in total. The molecular formula is C7H17NOSi. The predicted octanol–water partition coefficient (Wildman–Crippen LogP) is 1.15. The van der Waals surface area contributed by atoms with E-state index in [2.05, 4.69) is 24.2 Å².